The highest BCUT2D eigenvalue weighted by molar-refractivity contribution is 7.92. The van der Waals surface area contributed by atoms with E-state index in [0.29, 0.717) is 34.3 Å². The monoisotopic (exact) mass is 651 g/mol. The highest BCUT2D eigenvalue weighted by Crippen LogP contribution is 2.30. The summed E-state index contributed by atoms with van der Waals surface area (Å²) in [6.07, 6.45) is 0.733. The molecule has 0 saturated carbocycles. The number of nitrogens with zero attached hydrogens (tertiary/aromatic N) is 2. The number of hydrogen-bond donors (Lipinski definition) is 1. The number of benzene rings is 4. The number of halogens is 2. The topological polar surface area (TPSA) is 86.8 Å². The van der Waals surface area contributed by atoms with Crippen LogP contribution in [0.1, 0.15) is 30.5 Å². The molecule has 10 heteroatoms. The Morgan fingerprint density at radius 3 is 2.00 bits per heavy atom. The summed E-state index contributed by atoms with van der Waals surface area (Å²) < 4.78 is 29.4. The fourth-order valence-electron chi connectivity index (χ4n) is 4.99. The largest absolute Gasteiger partial charge is 0.355 e. The Morgan fingerprint density at radius 2 is 1.39 bits per heavy atom. The zero-order valence-electron chi connectivity index (χ0n) is 24.6. The van der Waals surface area contributed by atoms with Crippen LogP contribution in [0.4, 0.5) is 5.69 Å². The number of carbonyl (C=O) groups excluding carboxylic acids is 2. The number of nitrogens with one attached hydrogen (secondary N) is 1. The zero-order valence-corrected chi connectivity index (χ0v) is 26.9. The van der Waals surface area contributed by atoms with Crippen LogP contribution < -0.4 is 9.62 Å². The van der Waals surface area contributed by atoms with Crippen molar-refractivity contribution in [2.24, 2.45) is 0 Å². The fraction of sp³-hybridized carbons (Fsp3) is 0.235. The van der Waals surface area contributed by atoms with E-state index in [0.717, 1.165) is 15.4 Å². The second-order valence-electron chi connectivity index (χ2n) is 10.1. The Balaban J connectivity index is 1.85. The normalized spacial score (nSPS) is 11.9. The van der Waals surface area contributed by atoms with Crippen LogP contribution in [0.5, 0.6) is 0 Å². The van der Waals surface area contributed by atoms with Crippen LogP contribution >= 0.6 is 23.2 Å². The lowest BCUT2D eigenvalue weighted by Gasteiger charge is -2.34. The lowest BCUT2D eigenvalue weighted by molar-refractivity contribution is -0.140. The molecule has 7 nitrogen and oxygen atoms in total. The van der Waals surface area contributed by atoms with E-state index in [2.05, 4.69) is 5.32 Å². The van der Waals surface area contributed by atoms with Gasteiger partial charge in [-0.25, -0.2) is 8.42 Å². The first-order chi connectivity index (χ1) is 21.2. The van der Waals surface area contributed by atoms with Gasteiger partial charge in [0.25, 0.3) is 10.0 Å². The summed E-state index contributed by atoms with van der Waals surface area (Å²) in [5, 5.41) is 3.50. The molecule has 4 rings (SSSR count). The molecule has 230 valence electrons. The first-order valence-electron chi connectivity index (χ1n) is 14.4. The maximum atomic E-state index is 14.5. The van der Waals surface area contributed by atoms with E-state index in [-0.39, 0.29) is 23.8 Å². The van der Waals surface area contributed by atoms with Crippen LogP contribution in [0.2, 0.25) is 10.0 Å². The van der Waals surface area contributed by atoms with Crippen molar-refractivity contribution in [2.45, 2.75) is 44.2 Å². The van der Waals surface area contributed by atoms with Crippen molar-refractivity contribution in [2.75, 3.05) is 17.4 Å². The minimum absolute atomic E-state index is 0.0453. The van der Waals surface area contributed by atoms with Crippen LogP contribution in [0.3, 0.4) is 0 Å². The molecule has 0 unspecified atom stereocenters. The van der Waals surface area contributed by atoms with Crippen LogP contribution in [-0.2, 0) is 39.0 Å². The molecule has 44 heavy (non-hydrogen) atoms. The second kappa shape index (κ2) is 15.2. The highest BCUT2D eigenvalue weighted by Gasteiger charge is 2.35. The number of likely N-dealkylation sites (N-methyl/N-ethyl adjacent to an activating group) is 1. The van der Waals surface area contributed by atoms with E-state index in [9.17, 15) is 18.0 Å². The lowest BCUT2D eigenvalue weighted by Crippen LogP contribution is -2.53. The number of para-hydroxylation sites is 1. The van der Waals surface area contributed by atoms with Crippen molar-refractivity contribution in [3.63, 3.8) is 0 Å². The minimum atomic E-state index is -4.19. The first kappa shape index (κ1) is 33.1. The Labute approximate surface area is 269 Å². The summed E-state index contributed by atoms with van der Waals surface area (Å²) in [5.41, 5.74) is 2.43. The van der Waals surface area contributed by atoms with E-state index in [1.807, 2.05) is 49.4 Å². The second-order valence-corrected chi connectivity index (χ2v) is 12.8. The van der Waals surface area contributed by atoms with Crippen molar-refractivity contribution in [1.82, 2.24) is 10.2 Å². The van der Waals surface area contributed by atoms with Crippen molar-refractivity contribution < 1.29 is 18.0 Å². The summed E-state index contributed by atoms with van der Waals surface area (Å²) in [5.74, 6) is -0.960. The lowest BCUT2D eigenvalue weighted by atomic mass is 10.0. The molecule has 4 aromatic rings. The molecule has 0 bridgehead atoms. The van der Waals surface area contributed by atoms with Crippen LogP contribution in [0, 0.1) is 0 Å². The number of aryl methyl sites for hydroxylation is 1. The Hall–Kier alpha value is -3.85. The molecule has 1 N–H and O–H groups in total. The highest BCUT2D eigenvalue weighted by atomic mass is 35.5. The standard InChI is InChI=1S/C34H35Cl2N3O4S/c1-3-26-16-11-12-21-31(26)39(44(42,43)27-17-9-6-10-18-27)24-33(40)38(23-28-29(35)19-13-20-30(28)36)32(34(41)37-4-2)22-25-14-7-5-8-15-25/h5-21,32H,3-4,22-24H2,1-2H3,(H,37,41)/t32-/m0/s1. The SMILES string of the molecule is CCNC(=O)[C@H](Cc1ccccc1)N(Cc1c(Cl)cccc1Cl)C(=O)CN(c1ccccc1CC)S(=O)(=O)c1ccccc1. The Kier molecular flexibility index (Phi) is 11.4. The van der Waals surface area contributed by atoms with Gasteiger partial charge in [-0.05, 0) is 54.8 Å². The molecular weight excluding hydrogens is 617 g/mol. The number of amides is 2. The third kappa shape index (κ3) is 7.80. The fourth-order valence-corrected chi connectivity index (χ4v) is 6.98. The maximum Gasteiger partial charge on any atom is 0.264 e. The molecule has 0 spiro atoms. The Bertz CT molecular complexity index is 1670. The summed E-state index contributed by atoms with van der Waals surface area (Å²) in [4.78, 5) is 29.6. The van der Waals surface area contributed by atoms with Gasteiger partial charge in [-0.2, -0.15) is 0 Å². The van der Waals surface area contributed by atoms with E-state index < -0.39 is 28.5 Å². The molecule has 0 fully saturated rings. The van der Waals surface area contributed by atoms with Gasteiger partial charge < -0.3 is 10.2 Å². The van der Waals surface area contributed by atoms with E-state index in [1.165, 1.54) is 17.0 Å². The van der Waals surface area contributed by atoms with Gasteiger partial charge in [0.15, 0.2) is 0 Å². The molecule has 0 aliphatic rings. The molecule has 0 aliphatic heterocycles. The molecular formula is C34H35Cl2N3O4S. The third-order valence-corrected chi connectivity index (χ3v) is 9.75. The smallest absolute Gasteiger partial charge is 0.264 e. The van der Waals surface area contributed by atoms with Gasteiger partial charge in [-0.3, -0.25) is 13.9 Å². The van der Waals surface area contributed by atoms with E-state index in [1.54, 1.807) is 55.5 Å². The van der Waals surface area contributed by atoms with Crippen LogP contribution in [0.25, 0.3) is 0 Å². The molecule has 0 aliphatic carbocycles. The van der Waals surface area contributed by atoms with E-state index in [4.69, 9.17) is 23.2 Å². The summed E-state index contributed by atoms with van der Waals surface area (Å²) in [6.45, 7) is 3.40. The van der Waals surface area contributed by atoms with Gasteiger partial charge in [-0.15, -0.1) is 0 Å². The molecule has 4 aromatic carbocycles. The molecule has 2 amide bonds. The number of rotatable bonds is 13. The molecule has 0 aromatic heterocycles. The summed E-state index contributed by atoms with van der Waals surface area (Å²) in [7, 11) is -4.19. The zero-order chi connectivity index (χ0) is 31.7. The quantitative estimate of drug-likeness (QED) is 0.178. The molecule has 0 radical (unpaired) electrons. The number of carbonyl (C=O) groups is 2. The third-order valence-electron chi connectivity index (χ3n) is 7.26. The molecule has 0 heterocycles. The van der Waals surface area contributed by atoms with Gasteiger partial charge in [0, 0.05) is 35.1 Å². The maximum absolute atomic E-state index is 14.5. The van der Waals surface area contributed by atoms with Gasteiger partial charge in [0.2, 0.25) is 11.8 Å². The van der Waals surface area contributed by atoms with Crippen molar-refractivity contribution in [3.8, 4) is 0 Å². The first-order valence-corrected chi connectivity index (χ1v) is 16.6. The average Bonchev–Trinajstić information content (AvgIpc) is 3.03. The van der Waals surface area contributed by atoms with E-state index >= 15 is 0 Å². The number of hydrogen-bond acceptors (Lipinski definition) is 4. The molecule has 0 saturated heterocycles. The minimum Gasteiger partial charge on any atom is -0.355 e. The van der Waals surface area contributed by atoms with Gasteiger partial charge in [0.1, 0.15) is 12.6 Å². The Morgan fingerprint density at radius 1 is 0.795 bits per heavy atom. The van der Waals surface area contributed by atoms with Crippen LogP contribution in [0.15, 0.2) is 108 Å². The van der Waals surface area contributed by atoms with Crippen LogP contribution in [-0.4, -0.2) is 44.3 Å². The van der Waals surface area contributed by atoms with Crippen molar-refractivity contribution in [1.29, 1.82) is 0 Å². The van der Waals surface area contributed by atoms with Crippen molar-refractivity contribution >= 4 is 50.7 Å². The summed E-state index contributed by atoms with van der Waals surface area (Å²) in [6, 6.07) is 28.4. The predicted octanol–water partition coefficient (Wildman–Crippen LogP) is 6.53. The molecule has 1 atom stereocenters. The van der Waals surface area contributed by atoms with Crippen molar-refractivity contribution in [3.05, 3.63) is 130 Å². The predicted molar refractivity (Wildman–Crippen MR) is 176 cm³/mol. The van der Waals surface area contributed by atoms with Gasteiger partial charge in [0.05, 0.1) is 10.6 Å². The number of anilines is 1. The summed E-state index contributed by atoms with van der Waals surface area (Å²) >= 11 is 13.1. The average molecular weight is 653 g/mol. The van der Waals surface area contributed by atoms with Gasteiger partial charge >= 0.3 is 0 Å². The number of sulfonamides is 1. The van der Waals surface area contributed by atoms with Gasteiger partial charge in [-0.1, -0.05) is 103 Å².